The van der Waals surface area contributed by atoms with Crippen molar-refractivity contribution in [2.45, 2.75) is 39.2 Å². The van der Waals surface area contributed by atoms with Gasteiger partial charge < -0.3 is 0 Å². The number of nitriles is 1. The van der Waals surface area contributed by atoms with E-state index in [4.69, 9.17) is 0 Å². The normalized spacial score (nSPS) is 14.4. The molecule has 0 spiro atoms. The third kappa shape index (κ3) is 3.31. The zero-order valence-electron chi connectivity index (χ0n) is 11.5. The SMILES string of the molecule is Cc1ccc(C)c(CCC(C)(C#N)N(C)C)c1. The van der Waals surface area contributed by atoms with Crippen molar-refractivity contribution >= 4 is 0 Å². The second-order valence-electron chi connectivity index (χ2n) is 5.21. The van der Waals surface area contributed by atoms with E-state index in [2.05, 4.69) is 38.1 Å². The Morgan fingerprint density at radius 2 is 1.94 bits per heavy atom. The highest BCUT2D eigenvalue weighted by molar-refractivity contribution is 5.31. The quantitative estimate of drug-likeness (QED) is 0.794. The van der Waals surface area contributed by atoms with E-state index in [0.717, 1.165) is 12.8 Å². The Hall–Kier alpha value is -1.33. The molecule has 0 aliphatic rings. The van der Waals surface area contributed by atoms with Crippen LogP contribution < -0.4 is 0 Å². The fourth-order valence-electron chi connectivity index (χ4n) is 1.83. The van der Waals surface area contributed by atoms with Gasteiger partial charge in [-0.05, 0) is 58.8 Å². The van der Waals surface area contributed by atoms with E-state index < -0.39 is 0 Å². The molecule has 2 nitrogen and oxygen atoms in total. The first-order valence-electron chi connectivity index (χ1n) is 6.04. The number of benzene rings is 1. The number of rotatable bonds is 4. The van der Waals surface area contributed by atoms with Crippen molar-refractivity contribution in [3.63, 3.8) is 0 Å². The molecule has 0 aliphatic carbocycles. The minimum atomic E-state index is -0.379. The summed E-state index contributed by atoms with van der Waals surface area (Å²) in [6, 6.07) is 8.92. The average Bonchev–Trinajstić information content (AvgIpc) is 2.29. The summed E-state index contributed by atoms with van der Waals surface area (Å²) in [5.41, 5.74) is 3.58. The van der Waals surface area contributed by atoms with Gasteiger partial charge in [-0.25, -0.2) is 0 Å². The summed E-state index contributed by atoms with van der Waals surface area (Å²) < 4.78 is 0. The van der Waals surface area contributed by atoms with Crippen LogP contribution in [0, 0.1) is 25.2 Å². The summed E-state index contributed by atoms with van der Waals surface area (Å²) in [5, 5.41) is 9.27. The summed E-state index contributed by atoms with van der Waals surface area (Å²) >= 11 is 0. The maximum absolute atomic E-state index is 9.27. The molecule has 1 aromatic rings. The molecule has 0 aliphatic heterocycles. The number of hydrogen-bond acceptors (Lipinski definition) is 2. The standard InChI is InChI=1S/C15H22N2/c1-12-6-7-13(2)14(10-12)8-9-15(3,11-16)17(4)5/h6-7,10H,8-9H2,1-5H3. The summed E-state index contributed by atoms with van der Waals surface area (Å²) in [4.78, 5) is 2.00. The van der Waals surface area contributed by atoms with E-state index in [1.54, 1.807) is 0 Å². The van der Waals surface area contributed by atoms with Crippen LogP contribution in [0.5, 0.6) is 0 Å². The van der Waals surface area contributed by atoms with Crippen LogP contribution in [-0.2, 0) is 6.42 Å². The summed E-state index contributed by atoms with van der Waals surface area (Å²) in [6.45, 7) is 6.24. The maximum atomic E-state index is 9.27. The molecule has 1 rings (SSSR count). The second-order valence-corrected chi connectivity index (χ2v) is 5.21. The summed E-state index contributed by atoms with van der Waals surface area (Å²) in [5.74, 6) is 0. The van der Waals surface area contributed by atoms with E-state index >= 15 is 0 Å². The summed E-state index contributed by atoms with van der Waals surface area (Å²) in [7, 11) is 3.93. The molecule has 0 heterocycles. The molecule has 1 unspecified atom stereocenters. The highest BCUT2D eigenvalue weighted by Gasteiger charge is 2.26. The Labute approximate surface area is 105 Å². The lowest BCUT2D eigenvalue weighted by molar-refractivity contribution is 0.224. The molecule has 0 saturated carbocycles. The van der Waals surface area contributed by atoms with Crippen molar-refractivity contribution in [3.8, 4) is 6.07 Å². The molecule has 0 N–H and O–H groups in total. The molecular weight excluding hydrogens is 208 g/mol. The molecule has 1 atom stereocenters. The minimum absolute atomic E-state index is 0.379. The summed E-state index contributed by atoms with van der Waals surface area (Å²) in [6.07, 6.45) is 1.82. The van der Waals surface area contributed by atoms with E-state index in [-0.39, 0.29) is 5.54 Å². The van der Waals surface area contributed by atoms with Crippen LogP contribution in [0.4, 0.5) is 0 Å². The first-order valence-corrected chi connectivity index (χ1v) is 6.04. The van der Waals surface area contributed by atoms with Gasteiger partial charge in [-0.3, -0.25) is 4.90 Å². The Kier molecular flexibility index (Phi) is 4.31. The van der Waals surface area contributed by atoms with Gasteiger partial charge in [0, 0.05) is 0 Å². The van der Waals surface area contributed by atoms with E-state index in [1.165, 1.54) is 16.7 Å². The van der Waals surface area contributed by atoms with Crippen molar-refractivity contribution < 1.29 is 0 Å². The number of nitrogens with zero attached hydrogens (tertiary/aromatic N) is 2. The van der Waals surface area contributed by atoms with Crippen LogP contribution in [0.2, 0.25) is 0 Å². The lowest BCUT2D eigenvalue weighted by Gasteiger charge is -2.29. The lowest BCUT2D eigenvalue weighted by atomic mass is 9.91. The zero-order chi connectivity index (χ0) is 13.1. The molecule has 0 aromatic heterocycles. The largest absolute Gasteiger partial charge is 0.292 e. The van der Waals surface area contributed by atoms with Crippen LogP contribution in [-0.4, -0.2) is 24.5 Å². The van der Waals surface area contributed by atoms with Gasteiger partial charge in [0.15, 0.2) is 0 Å². The molecule has 92 valence electrons. The third-order valence-electron chi connectivity index (χ3n) is 3.61. The van der Waals surface area contributed by atoms with Crippen LogP contribution >= 0.6 is 0 Å². The smallest absolute Gasteiger partial charge is 0.106 e. The van der Waals surface area contributed by atoms with Gasteiger partial charge in [0.25, 0.3) is 0 Å². The zero-order valence-corrected chi connectivity index (χ0v) is 11.5. The molecule has 0 radical (unpaired) electrons. The molecule has 0 amide bonds. The molecular formula is C15H22N2. The molecule has 0 saturated heterocycles. The second kappa shape index (κ2) is 5.33. The Balaban J connectivity index is 2.80. The first kappa shape index (κ1) is 13.7. The number of hydrogen-bond donors (Lipinski definition) is 0. The van der Waals surface area contributed by atoms with Crippen molar-refractivity contribution in [1.82, 2.24) is 4.90 Å². The van der Waals surface area contributed by atoms with Crippen molar-refractivity contribution in [2.24, 2.45) is 0 Å². The molecule has 0 bridgehead atoms. The molecule has 2 heteroatoms. The van der Waals surface area contributed by atoms with Gasteiger partial charge in [0.2, 0.25) is 0 Å². The Bertz CT molecular complexity index is 429. The third-order valence-corrected chi connectivity index (χ3v) is 3.61. The number of aryl methyl sites for hydroxylation is 3. The van der Waals surface area contributed by atoms with Crippen molar-refractivity contribution in [1.29, 1.82) is 5.26 Å². The van der Waals surface area contributed by atoms with Gasteiger partial charge >= 0.3 is 0 Å². The highest BCUT2D eigenvalue weighted by Crippen LogP contribution is 2.20. The van der Waals surface area contributed by atoms with Crippen LogP contribution in [0.3, 0.4) is 0 Å². The average molecular weight is 230 g/mol. The van der Waals surface area contributed by atoms with Crippen molar-refractivity contribution in [2.75, 3.05) is 14.1 Å². The Morgan fingerprint density at radius 1 is 1.29 bits per heavy atom. The van der Waals surface area contributed by atoms with Gasteiger partial charge in [-0.1, -0.05) is 23.8 Å². The van der Waals surface area contributed by atoms with E-state index in [0.29, 0.717) is 0 Å². The topological polar surface area (TPSA) is 27.0 Å². The lowest BCUT2D eigenvalue weighted by Crippen LogP contribution is -2.40. The fraction of sp³-hybridized carbons (Fsp3) is 0.533. The predicted molar refractivity (Wildman–Crippen MR) is 71.9 cm³/mol. The van der Waals surface area contributed by atoms with Crippen LogP contribution in [0.15, 0.2) is 18.2 Å². The minimum Gasteiger partial charge on any atom is -0.292 e. The maximum Gasteiger partial charge on any atom is 0.106 e. The fourth-order valence-corrected chi connectivity index (χ4v) is 1.83. The van der Waals surface area contributed by atoms with Crippen LogP contribution in [0.1, 0.15) is 30.0 Å². The van der Waals surface area contributed by atoms with Gasteiger partial charge in [-0.2, -0.15) is 5.26 Å². The van der Waals surface area contributed by atoms with Gasteiger partial charge in [0.05, 0.1) is 6.07 Å². The monoisotopic (exact) mass is 230 g/mol. The van der Waals surface area contributed by atoms with Gasteiger partial charge in [0.1, 0.15) is 5.54 Å². The van der Waals surface area contributed by atoms with Crippen LogP contribution in [0.25, 0.3) is 0 Å². The predicted octanol–water partition coefficient (Wildman–Crippen LogP) is 3.08. The molecule has 17 heavy (non-hydrogen) atoms. The Morgan fingerprint density at radius 3 is 2.47 bits per heavy atom. The molecule has 0 fully saturated rings. The van der Waals surface area contributed by atoms with E-state index in [9.17, 15) is 5.26 Å². The molecule has 1 aromatic carbocycles. The van der Waals surface area contributed by atoms with Gasteiger partial charge in [-0.15, -0.1) is 0 Å². The highest BCUT2D eigenvalue weighted by atomic mass is 15.1. The van der Waals surface area contributed by atoms with Crippen molar-refractivity contribution in [3.05, 3.63) is 34.9 Å². The van der Waals surface area contributed by atoms with E-state index in [1.807, 2.05) is 25.9 Å². The first-order chi connectivity index (χ1) is 7.89.